The van der Waals surface area contributed by atoms with Crippen LogP contribution in [-0.2, 0) is 4.74 Å². The molecular formula is C17H33NO. The molecule has 0 aromatic carbocycles. The molecule has 2 saturated carbocycles. The van der Waals surface area contributed by atoms with Crippen molar-refractivity contribution >= 4 is 0 Å². The van der Waals surface area contributed by atoms with E-state index in [9.17, 15) is 0 Å². The molecule has 2 heteroatoms. The highest BCUT2D eigenvalue weighted by Crippen LogP contribution is 2.62. The highest BCUT2D eigenvalue weighted by molar-refractivity contribution is 5.11. The number of hydrogen-bond acceptors (Lipinski definition) is 2. The van der Waals surface area contributed by atoms with Crippen molar-refractivity contribution in [2.45, 2.75) is 66.3 Å². The molecule has 2 aliphatic carbocycles. The highest BCUT2D eigenvalue weighted by atomic mass is 16.5. The number of hydrogen-bond donors (Lipinski definition) is 1. The van der Waals surface area contributed by atoms with E-state index in [0.717, 1.165) is 32.1 Å². The zero-order valence-electron chi connectivity index (χ0n) is 13.6. The first kappa shape index (κ1) is 15.3. The maximum Gasteiger partial charge on any atom is 0.0489 e. The molecule has 2 bridgehead atoms. The molecule has 0 aromatic rings. The van der Waals surface area contributed by atoms with E-state index in [2.05, 4.69) is 39.9 Å². The van der Waals surface area contributed by atoms with Crippen LogP contribution in [0, 0.1) is 22.7 Å². The van der Waals surface area contributed by atoms with Crippen molar-refractivity contribution in [3.05, 3.63) is 0 Å². The Hall–Kier alpha value is -0.0800. The summed E-state index contributed by atoms with van der Waals surface area (Å²) in [6.07, 6.45) is 5.43. The Morgan fingerprint density at radius 2 is 2.00 bits per heavy atom. The molecule has 19 heavy (non-hydrogen) atoms. The van der Waals surface area contributed by atoms with Gasteiger partial charge >= 0.3 is 0 Å². The second-order valence-electron chi connectivity index (χ2n) is 8.12. The predicted molar refractivity (Wildman–Crippen MR) is 81.3 cm³/mol. The molecule has 2 nitrogen and oxygen atoms in total. The van der Waals surface area contributed by atoms with Crippen molar-refractivity contribution < 1.29 is 4.74 Å². The van der Waals surface area contributed by atoms with Crippen LogP contribution >= 0.6 is 0 Å². The van der Waals surface area contributed by atoms with Crippen molar-refractivity contribution in [2.75, 3.05) is 19.8 Å². The lowest BCUT2D eigenvalue weighted by molar-refractivity contribution is 0.0913. The van der Waals surface area contributed by atoms with E-state index < -0.39 is 0 Å². The van der Waals surface area contributed by atoms with Crippen LogP contribution in [0.2, 0.25) is 0 Å². The van der Waals surface area contributed by atoms with E-state index in [1.165, 1.54) is 19.3 Å². The van der Waals surface area contributed by atoms with Crippen molar-refractivity contribution in [3.63, 3.8) is 0 Å². The lowest BCUT2D eigenvalue weighted by Crippen LogP contribution is -2.50. The van der Waals surface area contributed by atoms with Gasteiger partial charge in [-0.05, 0) is 54.9 Å². The van der Waals surface area contributed by atoms with Gasteiger partial charge in [-0.1, -0.05) is 34.6 Å². The van der Waals surface area contributed by atoms with E-state index in [0.29, 0.717) is 22.8 Å². The molecule has 0 aromatic heterocycles. The van der Waals surface area contributed by atoms with Gasteiger partial charge in [0.2, 0.25) is 0 Å². The van der Waals surface area contributed by atoms with E-state index in [-0.39, 0.29) is 0 Å². The third-order valence-electron chi connectivity index (χ3n) is 5.53. The van der Waals surface area contributed by atoms with Gasteiger partial charge in [-0.2, -0.15) is 0 Å². The Morgan fingerprint density at radius 1 is 1.26 bits per heavy atom. The fraction of sp³-hybridized carbons (Fsp3) is 1.00. The third kappa shape index (κ3) is 3.16. The fourth-order valence-corrected chi connectivity index (χ4v) is 4.55. The van der Waals surface area contributed by atoms with Crippen LogP contribution in [0.4, 0.5) is 0 Å². The highest BCUT2D eigenvalue weighted by Gasteiger charge is 2.58. The second-order valence-corrected chi connectivity index (χ2v) is 8.12. The van der Waals surface area contributed by atoms with Gasteiger partial charge in [0.25, 0.3) is 0 Å². The van der Waals surface area contributed by atoms with Crippen molar-refractivity contribution in [1.82, 2.24) is 5.32 Å². The van der Waals surface area contributed by atoms with E-state index in [1.807, 2.05) is 0 Å². The first-order valence-corrected chi connectivity index (χ1v) is 8.17. The molecule has 3 unspecified atom stereocenters. The molecule has 2 aliphatic rings. The van der Waals surface area contributed by atoms with Crippen LogP contribution in [-0.4, -0.2) is 25.8 Å². The molecule has 1 N–H and O–H groups in total. The van der Waals surface area contributed by atoms with Crippen LogP contribution in [0.3, 0.4) is 0 Å². The van der Waals surface area contributed by atoms with Gasteiger partial charge < -0.3 is 10.1 Å². The summed E-state index contributed by atoms with van der Waals surface area (Å²) in [5.41, 5.74) is 1.03. The van der Waals surface area contributed by atoms with Gasteiger partial charge in [-0.15, -0.1) is 0 Å². The van der Waals surface area contributed by atoms with Crippen molar-refractivity contribution in [1.29, 1.82) is 0 Å². The van der Waals surface area contributed by atoms with Gasteiger partial charge in [-0.3, -0.25) is 0 Å². The standard InChI is InChI=1S/C17H33NO/c1-13(2)12-19-10-6-9-18-15-16(3,4)14-7-8-17(15,5)11-14/h13-15,18H,6-12H2,1-5H3. The fourth-order valence-electron chi connectivity index (χ4n) is 4.55. The number of fused-ring (bicyclic) bond motifs is 2. The van der Waals surface area contributed by atoms with Crippen LogP contribution in [0.15, 0.2) is 0 Å². The first-order valence-electron chi connectivity index (χ1n) is 8.17. The summed E-state index contributed by atoms with van der Waals surface area (Å²) in [5.74, 6) is 1.59. The average molecular weight is 267 g/mol. The molecule has 112 valence electrons. The quantitative estimate of drug-likeness (QED) is 0.707. The summed E-state index contributed by atoms with van der Waals surface area (Å²) in [7, 11) is 0. The van der Waals surface area contributed by atoms with Gasteiger partial charge in [0, 0.05) is 19.3 Å². The Kier molecular flexibility index (Phi) is 4.62. The average Bonchev–Trinajstić information content (AvgIpc) is 2.77. The molecular weight excluding hydrogens is 234 g/mol. The van der Waals surface area contributed by atoms with Crippen LogP contribution in [0.5, 0.6) is 0 Å². The van der Waals surface area contributed by atoms with Gasteiger partial charge in [-0.25, -0.2) is 0 Å². The Balaban J connectivity index is 1.71. The van der Waals surface area contributed by atoms with E-state index in [4.69, 9.17) is 4.74 Å². The van der Waals surface area contributed by atoms with Crippen LogP contribution in [0.1, 0.15) is 60.3 Å². The minimum absolute atomic E-state index is 0.478. The summed E-state index contributed by atoms with van der Waals surface area (Å²) in [6.45, 7) is 14.7. The number of ether oxygens (including phenoxy) is 1. The summed E-state index contributed by atoms with van der Waals surface area (Å²) < 4.78 is 5.66. The summed E-state index contributed by atoms with van der Waals surface area (Å²) in [5, 5.41) is 3.85. The molecule has 3 atom stereocenters. The van der Waals surface area contributed by atoms with Crippen LogP contribution < -0.4 is 5.32 Å². The summed E-state index contributed by atoms with van der Waals surface area (Å²) >= 11 is 0. The largest absolute Gasteiger partial charge is 0.381 e. The van der Waals surface area contributed by atoms with Crippen LogP contribution in [0.25, 0.3) is 0 Å². The molecule has 0 spiro atoms. The number of rotatable bonds is 7. The topological polar surface area (TPSA) is 21.3 Å². The van der Waals surface area contributed by atoms with Gasteiger partial charge in [0.05, 0.1) is 0 Å². The van der Waals surface area contributed by atoms with Crippen molar-refractivity contribution in [3.8, 4) is 0 Å². The Labute approximate surface area is 119 Å². The van der Waals surface area contributed by atoms with Gasteiger partial charge in [0.15, 0.2) is 0 Å². The smallest absolute Gasteiger partial charge is 0.0489 e. The Morgan fingerprint density at radius 3 is 2.58 bits per heavy atom. The molecule has 2 rings (SSSR count). The van der Waals surface area contributed by atoms with E-state index in [1.54, 1.807) is 0 Å². The summed E-state index contributed by atoms with van der Waals surface area (Å²) in [6, 6.07) is 0.698. The monoisotopic (exact) mass is 267 g/mol. The molecule has 0 amide bonds. The first-order chi connectivity index (χ1) is 8.86. The minimum atomic E-state index is 0.478. The zero-order valence-corrected chi connectivity index (χ0v) is 13.6. The Bertz CT molecular complexity index is 295. The normalized spacial score (nSPS) is 36.3. The third-order valence-corrected chi connectivity index (χ3v) is 5.53. The molecule has 0 saturated heterocycles. The van der Waals surface area contributed by atoms with Crippen molar-refractivity contribution in [2.24, 2.45) is 22.7 Å². The maximum atomic E-state index is 5.66. The minimum Gasteiger partial charge on any atom is -0.381 e. The zero-order chi connectivity index (χ0) is 14.1. The number of nitrogens with one attached hydrogen (secondary N) is 1. The molecule has 0 radical (unpaired) electrons. The molecule has 2 fully saturated rings. The lowest BCUT2D eigenvalue weighted by atomic mass is 9.68. The second kappa shape index (κ2) is 5.73. The predicted octanol–water partition coefficient (Wildman–Crippen LogP) is 3.85. The molecule has 0 heterocycles. The summed E-state index contributed by atoms with van der Waals surface area (Å²) in [4.78, 5) is 0. The lowest BCUT2D eigenvalue weighted by Gasteiger charge is -2.43. The maximum absolute atomic E-state index is 5.66. The van der Waals surface area contributed by atoms with Gasteiger partial charge in [0.1, 0.15) is 0 Å². The van der Waals surface area contributed by atoms with E-state index >= 15 is 0 Å². The SMILES string of the molecule is CC(C)COCCCNC1C2(C)CCC(C2)C1(C)C. The molecule has 0 aliphatic heterocycles.